The largest absolute Gasteiger partial charge is 0.370 e. The van der Waals surface area contributed by atoms with Gasteiger partial charge in [-0.3, -0.25) is 43.7 Å². The standard InChI is InChI=1S/C49H65N17O6/c50-47(51)56-20-8-17-35-41(67)61-36(18-9-21-57-48(52)53)43(69)65-40(25-30-27-60-34-16-7-5-14-32(30)34)46(72)66-39(24-29-26-59-33-15-6-4-13-31(29)33)45(71)63-37(19-10-22-58-49(54)55)42(68)64-38(44(70)62-35)23-28-11-2-1-3-12-28/h1-7,11-16,26-27,35-40,59-60H,8-10,17-25H2,(H,61,67)(H,62,70)(H,63,71)(H,64,68)(H,65,69)(H,66,72)(H4,50,51,56)(H4,52,53,57)(H4,54,55,58)/t35-,36-,37-,38-,39-,40-/m0/s1. The first-order chi connectivity index (χ1) is 34.6. The lowest BCUT2D eigenvalue weighted by Gasteiger charge is -2.29. The normalized spacial score (nSPS) is 20.4. The molecule has 6 atom stereocenters. The number of carbonyl (C=O) groups is 6. The van der Waals surface area contributed by atoms with Gasteiger partial charge in [-0.2, -0.15) is 0 Å². The Hall–Kier alpha value is -8.63. The van der Waals surface area contributed by atoms with Gasteiger partial charge in [-0.05, 0) is 67.3 Å². The molecule has 1 saturated heterocycles. The van der Waals surface area contributed by atoms with Crippen molar-refractivity contribution < 1.29 is 28.8 Å². The van der Waals surface area contributed by atoms with E-state index in [4.69, 9.17) is 34.4 Å². The summed E-state index contributed by atoms with van der Waals surface area (Å²) >= 11 is 0. The van der Waals surface area contributed by atoms with Crippen molar-refractivity contribution in [2.24, 2.45) is 49.4 Å². The highest BCUT2D eigenvalue weighted by Gasteiger charge is 2.36. The van der Waals surface area contributed by atoms with Crippen molar-refractivity contribution in [1.29, 1.82) is 0 Å². The molecule has 3 aromatic carbocycles. The van der Waals surface area contributed by atoms with Crippen LogP contribution >= 0.6 is 0 Å². The number of hydrogen-bond donors (Lipinski definition) is 14. The second kappa shape index (κ2) is 25.8. The fourth-order valence-electron chi connectivity index (χ4n) is 8.47. The smallest absolute Gasteiger partial charge is 0.243 e. The minimum absolute atomic E-state index is 0.00141. The summed E-state index contributed by atoms with van der Waals surface area (Å²) in [4.78, 5) is 107. The van der Waals surface area contributed by atoms with Gasteiger partial charge in [0, 0.05) is 73.1 Å². The number of benzene rings is 3. The van der Waals surface area contributed by atoms with Gasteiger partial charge in [0.05, 0.1) is 0 Å². The van der Waals surface area contributed by atoms with E-state index in [0.29, 0.717) is 16.7 Å². The lowest BCUT2D eigenvalue weighted by atomic mass is 10.00. The predicted molar refractivity (Wildman–Crippen MR) is 275 cm³/mol. The molecule has 6 rings (SSSR count). The van der Waals surface area contributed by atoms with Crippen LogP contribution in [0.4, 0.5) is 0 Å². The number of H-pyrrole nitrogens is 2. The molecule has 2 aromatic heterocycles. The number of fused-ring (bicyclic) bond motifs is 2. The topological polar surface area (TPSA) is 399 Å². The molecule has 0 unspecified atom stereocenters. The van der Waals surface area contributed by atoms with E-state index in [0.717, 1.165) is 21.8 Å². The zero-order chi connectivity index (χ0) is 51.6. The molecule has 1 fully saturated rings. The van der Waals surface area contributed by atoms with Crippen molar-refractivity contribution >= 4 is 75.1 Å². The van der Waals surface area contributed by atoms with Crippen LogP contribution in [0.5, 0.6) is 0 Å². The Morgan fingerprint density at radius 2 is 0.694 bits per heavy atom. The van der Waals surface area contributed by atoms with Gasteiger partial charge in [-0.25, -0.2) is 0 Å². The van der Waals surface area contributed by atoms with E-state index in [9.17, 15) is 28.8 Å². The molecule has 23 nitrogen and oxygen atoms in total. The number of aromatic amines is 2. The van der Waals surface area contributed by atoms with E-state index in [1.165, 1.54) is 0 Å². The van der Waals surface area contributed by atoms with Gasteiger partial charge in [0.15, 0.2) is 17.9 Å². The van der Waals surface area contributed by atoms with E-state index in [-0.39, 0.29) is 95.3 Å². The van der Waals surface area contributed by atoms with Gasteiger partial charge >= 0.3 is 0 Å². The summed E-state index contributed by atoms with van der Waals surface area (Å²) in [6, 6.07) is 15.9. The van der Waals surface area contributed by atoms with Crippen LogP contribution in [0.2, 0.25) is 0 Å². The van der Waals surface area contributed by atoms with Crippen LogP contribution in [0.15, 0.2) is 106 Å². The zero-order valence-corrected chi connectivity index (χ0v) is 39.9. The Labute approximate surface area is 415 Å². The van der Waals surface area contributed by atoms with Crippen LogP contribution < -0.4 is 66.3 Å². The van der Waals surface area contributed by atoms with Crippen molar-refractivity contribution in [3.05, 3.63) is 108 Å². The number of aromatic nitrogens is 2. The van der Waals surface area contributed by atoms with Crippen LogP contribution in [-0.2, 0) is 48.0 Å². The maximum Gasteiger partial charge on any atom is 0.243 e. The van der Waals surface area contributed by atoms with Crippen LogP contribution in [0, 0.1) is 0 Å². The van der Waals surface area contributed by atoms with E-state index in [1.807, 2.05) is 48.5 Å². The Balaban J connectivity index is 1.45. The second-order valence-corrected chi connectivity index (χ2v) is 17.5. The van der Waals surface area contributed by atoms with Gasteiger partial charge in [0.2, 0.25) is 35.4 Å². The van der Waals surface area contributed by atoms with E-state index in [2.05, 4.69) is 56.8 Å². The molecule has 5 aromatic rings. The van der Waals surface area contributed by atoms with E-state index < -0.39 is 71.7 Å². The third-order valence-electron chi connectivity index (χ3n) is 12.1. The number of amides is 6. The Kier molecular flexibility index (Phi) is 18.9. The van der Waals surface area contributed by atoms with E-state index >= 15 is 0 Å². The quantitative estimate of drug-likeness (QED) is 0.0279. The molecule has 0 spiro atoms. The van der Waals surface area contributed by atoms with Crippen molar-refractivity contribution in [2.45, 2.75) is 94.0 Å². The third-order valence-corrected chi connectivity index (χ3v) is 12.1. The maximum atomic E-state index is 14.9. The van der Waals surface area contributed by atoms with Crippen LogP contribution in [-0.4, -0.2) is 119 Å². The summed E-state index contributed by atoms with van der Waals surface area (Å²) < 4.78 is 0. The Morgan fingerprint density at radius 3 is 1.06 bits per heavy atom. The van der Waals surface area contributed by atoms with Crippen molar-refractivity contribution in [2.75, 3.05) is 19.6 Å². The molecule has 3 heterocycles. The lowest BCUT2D eigenvalue weighted by Crippen LogP contribution is -2.62. The number of hydrogen-bond acceptors (Lipinski definition) is 9. The Morgan fingerprint density at radius 1 is 0.389 bits per heavy atom. The minimum atomic E-state index is -1.33. The summed E-state index contributed by atoms with van der Waals surface area (Å²) in [5, 5.41) is 18.6. The number of rotatable bonds is 18. The Bertz CT molecular complexity index is 2760. The molecule has 0 saturated carbocycles. The number of nitrogens with one attached hydrogen (secondary N) is 8. The first-order valence-corrected chi connectivity index (χ1v) is 23.8. The molecule has 1 aliphatic rings. The maximum absolute atomic E-state index is 14.9. The molecule has 1 aliphatic heterocycles. The summed E-state index contributed by atoms with van der Waals surface area (Å²) in [5.74, 6) is -4.95. The second-order valence-electron chi connectivity index (χ2n) is 17.5. The van der Waals surface area contributed by atoms with Gasteiger partial charge in [-0.1, -0.05) is 66.7 Å². The number of nitrogens with zero attached hydrogens (tertiary/aromatic N) is 3. The molecule has 382 valence electrons. The highest BCUT2D eigenvalue weighted by molar-refractivity contribution is 5.99. The summed E-state index contributed by atoms with van der Waals surface area (Å²) in [6.45, 7) is 0.301. The van der Waals surface area contributed by atoms with Gasteiger partial charge in [0.1, 0.15) is 36.3 Å². The molecule has 23 heteroatoms. The number of carbonyl (C=O) groups excluding carboxylic acids is 6. The molecule has 0 radical (unpaired) electrons. The number of guanidine groups is 3. The predicted octanol–water partition coefficient (Wildman–Crippen LogP) is -1.24. The van der Waals surface area contributed by atoms with Crippen LogP contribution in [0.3, 0.4) is 0 Å². The van der Waals surface area contributed by atoms with Crippen LogP contribution in [0.1, 0.15) is 55.2 Å². The first kappa shape index (κ1) is 52.7. The monoisotopic (exact) mass is 988 g/mol. The lowest BCUT2D eigenvalue weighted by molar-refractivity contribution is -0.136. The summed E-state index contributed by atoms with van der Waals surface area (Å²) in [6.07, 6.45) is 3.96. The van der Waals surface area contributed by atoms with Crippen LogP contribution in [0.25, 0.3) is 21.8 Å². The summed E-state index contributed by atoms with van der Waals surface area (Å²) in [5.41, 5.74) is 37.1. The van der Waals surface area contributed by atoms with Gasteiger partial charge in [0.25, 0.3) is 0 Å². The fourth-order valence-corrected chi connectivity index (χ4v) is 8.47. The number of nitrogens with two attached hydrogens (primary N) is 6. The fraction of sp³-hybridized carbons (Fsp3) is 0.367. The highest BCUT2D eigenvalue weighted by atomic mass is 16.2. The molecule has 0 bridgehead atoms. The van der Waals surface area contributed by atoms with Gasteiger partial charge in [-0.15, -0.1) is 0 Å². The average molecular weight is 988 g/mol. The van der Waals surface area contributed by atoms with Crippen molar-refractivity contribution in [3.8, 4) is 0 Å². The molecule has 0 aliphatic carbocycles. The van der Waals surface area contributed by atoms with Gasteiger partial charge < -0.3 is 76.3 Å². The van der Waals surface area contributed by atoms with Crippen molar-refractivity contribution in [3.63, 3.8) is 0 Å². The first-order valence-electron chi connectivity index (χ1n) is 23.8. The third kappa shape index (κ3) is 15.4. The summed E-state index contributed by atoms with van der Waals surface area (Å²) in [7, 11) is 0. The van der Waals surface area contributed by atoms with E-state index in [1.54, 1.807) is 42.7 Å². The molecule has 20 N–H and O–H groups in total. The molecular formula is C49H65N17O6. The zero-order valence-electron chi connectivity index (χ0n) is 39.9. The molecule has 6 amide bonds. The van der Waals surface area contributed by atoms with Crippen molar-refractivity contribution in [1.82, 2.24) is 41.9 Å². The minimum Gasteiger partial charge on any atom is -0.370 e. The number of aliphatic imine (C=N–C) groups is 3. The average Bonchev–Trinajstić information content (AvgIpc) is 3.96. The molecule has 72 heavy (non-hydrogen) atoms. The molecular weight excluding hydrogens is 923 g/mol. The number of para-hydroxylation sites is 2. The SMILES string of the molecule is NC(N)=NCCC[C@@H]1NC(=O)[C@H](CCCN=C(N)N)NC(=O)[C@H](Cc2ccccc2)NC(=O)[C@H](CCCN=C(N)N)NC(=O)[C@H](Cc2c[nH]c3ccccc23)NC(=O)[C@H](Cc2c[nH]c3ccccc23)NC1=O. The highest BCUT2D eigenvalue weighted by Crippen LogP contribution is 2.22.